The molecule has 0 spiro atoms. The third-order valence-electron chi connectivity index (χ3n) is 3.85. The Bertz CT molecular complexity index is 633. The second kappa shape index (κ2) is 6.00. The van der Waals surface area contributed by atoms with Crippen molar-refractivity contribution < 1.29 is 17.9 Å². The Hall–Kier alpha value is -1.02. The Morgan fingerprint density at radius 3 is 2.62 bits per heavy atom. The fourth-order valence-electron chi connectivity index (χ4n) is 2.69. The quantitative estimate of drug-likeness (QED) is 0.902. The monoisotopic (exact) mass is 316 g/mol. The van der Waals surface area contributed by atoms with Crippen LogP contribution in [0.3, 0.4) is 0 Å². The van der Waals surface area contributed by atoms with E-state index in [4.69, 9.17) is 0 Å². The molecule has 0 aliphatic carbocycles. The van der Waals surface area contributed by atoms with Gasteiger partial charge in [-0.25, -0.2) is 12.8 Å². The van der Waals surface area contributed by atoms with Gasteiger partial charge in [-0.1, -0.05) is 0 Å². The summed E-state index contributed by atoms with van der Waals surface area (Å²) in [5.74, 6) is -0.553. The SMILES string of the molecule is Cc1cc(S(=O)(=O)N2CCN(C)CC2C)cc(CO)c1F. The van der Waals surface area contributed by atoms with E-state index < -0.39 is 22.4 Å². The summed E-state index contributed by atoms with van der Waals surface area (Å²) < 4.78 is 40.7. The first-order chi connectivity index (χ1) is 9.77. The molecule has 1 aromatic carbocycles. The molecule has 1 N–H and O–H groups in total. The molecule has 1 atom stereocenters. The van der Waals surface area contributed by atoms with E-state index in [-0.39, 0.29) is 22.1 Å². The van der Waals surface area contributed by atoms with Crippen LogP contribution in [0, 0.1) is 12.7 Å². The molecule has 1 unspecified atom stereocenters. The average Bonchev–Trinajstić information content (AvgIpc) is 2.41. The van der Waals surface area contributed by atoms with E-state index in [0.29, 0.717) is 19.6 Å². The van der Waals surface area contributed by atoms with E-state index in [9.17, 15) is 17.9 Å². The number of sulfonamides is 1. The van der Waals surface area contributed by atoms with Crippen LogP contribution in [0.4, 0.5) is 4.39 Å². The first kappa shape index (κ1) is 16.4. The molecule has 1 aromatic rings. The molecule has 0 aromatic heterocycles. The molecule has 5 nitrogen and oxygen atoms in total. The lowest BCUT2D eigenvalue weighted by molar-refractivity contribution is 0.170. The van der Waals surface area contributed by atoms with Crippen LogP contribution < -0.4 is 0 Å². The molecule has 1 saturated heterocycles. The molecular weight excluding hydrogens is 295 g/mol. The third kappa shape index (κ3) is 3.11. The van der Waals surface area contributed by atoms with Gasteiger partial charge in [-0.15, -0.1) is 0 Å². The van der Waals surface area contributed by atoms with Gasteiger partial charge in [0.15, 0.2) is 0 Å². The lowest BCUT2D eigenvalue weighted by atomic mass is 10.1. The fourth-order valence-corrected chi connectivity index (χ4v) is 4.44. The second-order valence-corrected chi connectivity index (χ2v) is 7.49. The minimum Gasteiger partial charge on any atom is -0.392 e. The number of aryl methyl sites for hydroxylation is 1. The normalized spacial score (nSPS) is 21.7. The van der Waals surface area contributed by atoms with E-state index in [1.807, 2.05) is 14.0 Å². The van der Waals surface area contributed by atoms with E-state index in [0.717, 1.165) is 0 Å². The van der Waals surface area contributed by atoms with Crippen LogP contribution in [-0.2, 0) is 16.6 Å². The van der Waals surface area contributed by atoms with Crippen molar-refractivity contribution in [2.75, 3.05) is 26.7 Å². The van der Waals surface area contributed by atoms with Crippen molar-refractivity contribution in [1.82, 2.24) is 9.21 Å². The number of aliphatic hydroxyl groups is 1. The van der Waals surface area contributed by atoms with Gasteiger partial charge in [0.1, 0.15) is 5.82 Å². The first-order valence-electron chi connectivity index (χ1n) is 6.87. The highest BCUT2D eigenvalue weighted by Crippen LogP contribution is 2.25. The number of benzene rings is 1. The van der Waals surface area contributed by atoms with E-state index in [2.05, 4.69) is 4.90 Å². The third-order valence-corrected chi connectivity index (χ3v) is 5.84. The lowest BCUT2D eigenvalue weighted by Crippen LogP contribution is -2.52. The molecule has 2 rings (SSSR count). The van der Waals surface area contributed by atoms with Crippen molar-refractivity contribution in [2.24, 2.45) is 0 Å². The van der Waals surface area contributed by atoms with Crippen molar-refractivity contribution in [3.63, 3.8) is 0 Å². The number of aliphatic hydroxyl groups excluding tert-OH is 1. The Labute approximate surface area is 125 Å². The van der Waals surface area contributed by atoms with Gasteiger partial charge < -0.3 is 10.0 Å². The van der Waals surface area contributed by atoms with Crippen molar-refractivity contribution in [1.29, 1.82) is 0 Å². The summed E-state index contributed by atoms with van der Waals surface area (Å²) in [6, 6.07) is 2.41. The smallest absolute Gasteiger partial charge is 0.243 e. The van der Waals surface area contributed by atoms with Gasteiger partial charge in [0.25, 0.3) is 0 Å². The summed E-state index contributed by atoms with van der Waals surface area (Å²) in [7, 11) is -1.73. The van der Waals surface area contributed by atoms with Crippen LogP contribution in [0.15, 0.2) is 17.0 Å². The van der Waals surface area contributed by atoms with Crippen molar-refractivity contribution in [3.05, 3.63) is 29.1 Å². The summed E-state index contributed by atoms with van der Waals surface area (Å²) in [6.07, 6.45) is 0. The Morgan fingerprint density at radius 2 is 2.05 bits per heavy atom. The summed E-state index contributed by atoms with van der Waals surface area (Å²) in [6.45, 7) is 4.57. The molecule has 0 amide bonds. The first-order valence-corrected chi connectivity index (χ1v) is 8.31. The summed E-state index contributed by atoms with van der Waals surface area (Å²) in [5, 5.41) is 9.18. The summed E-state index contributed by atoms with van der Waals surface area (Å²) in [5.41, 5.74) is 0.234. The minimum absolute atomic E-state index is 0.00959. The van der Waals surface area contributed by atoms with Crippen LogP contribution in [-0.4, -0.2) is 55.5 Å². The Balaban J connectivity index is 2.42. The van der Waals surface area contributed by atoms with Gasteiger partial charge in [-0.05, 0) is 38.6 Å². The molecule has 0 bridgehead atoms. The molecule has 1 fully saturated rings. The van der Waals surface area contributed by atoms with Gasteiger partial charge in [-0.3, -0.25) is 0 Å². The van der Waals surface area contributed by atoms with Crippen LogP contribution in [0.5, 0.6) is 0 Å². The highest BCUT2D eigenvalue weighted by atomic mass is 32.2. The van der Waals surface area contributed by atoms with E-state index in [1.54, 1.807) is 0 Å². The average molecular weight is 316 g/mol. The summed E-state index contributed by atoms with van der Waals surface area (Å²) >= 11 is 0. The minimum atomic E-state index is -3.68. The molecule has 7 heteroatoms. The number of rotatable bonds is 3. The number of piperazine rings is 1. The maximum Gasteiger partial charge on any atom is 0.243 e. The second-order valence-electron chi connectivity index (χ2n) is 5.60. The topological polar surface area (TPSA) is 60.9 Å². The van der Waals surface area contributed by atoms with Gasteiger partial charge in [0.05, 0.1) is 11.5 Å². The molecule has 118 valence electrons. The lowest BCUT2D eigenvalue weighted by Gasteiger charge is -2.37. The molecule has 1 aliphatic heterocycles. The summed E-state index contributed by atoms with van der Waals surface area (Å²) in [4.78, 5) is 2.12. The molecule has 0 radical (unpaired) electrons. The fraction of sp³-hybridized carbons (Fsp3) is 0.571. The predicted molar refractivity (Wildman–Crippen MR) is 77.9 cm³/mol. The number of nitrogens with zero attached hydrogens (tertiary/aromatic N) is 2. The van der Waals surface area contributed by atoms with Crippen LogP contribution in [0.2, 0.25) is 0 Å². The number of likely N-dealkylation sites (N-methyl/N-ethyl adjacent to an activating group) is 1. The van der Waals surface area contributed by atoms with Gasteiger partial charge in [0.2, 0.25) is 10.0 Å². The van der Waals surface area contributed by atoms with Crippen molar-refractivity contribution in [2.45, 2.75) is 31.4 Å². The Morgan fingerprint density at radius 1 is 1.38 bits per heavy atom. The predicted octanol–water partition coefficient (Wildman–Crippen LogP) is 0.951. The molecule has 0 saturated carbocycles. The zero-order chi connectivity index (χ0) is 15.8. The maximum atomic E-state index is 13.8. The van der Waals surface area contributed by atoms with Crippen molar-refractivity contribution >= 4 is 10.0 Å². The van der Waals surface area contributed by atoms with Crippen LogP contribution in [0.25, 0.3) is 0 Å². The number of hydrogen-bond donors (Lipinski definition) is 1. The van der Waals surface area contributed by atoms with Gasteiger partial charge >= 0.3 is 0 Å². The van der Waals surface area contributed by atoms with Gasteiger partial charge in [-0.2, -0.15) is 4.31 Å². The number of halogens is 1. The van der Waals surface area contributed by atoms with E-state index in [1.165, 1.54) is 23.4 Å². The maximum absolute atomic E-state index is 13.8. The zero-order valence-electron chi connectivity index (χ0n) is 12.5. The highest BCUT2D eigenvalue weighted by molar-refractivity contribution is 7.89. The zero-order valence-corrected chi connectivity index (χ0v) is 13.3. The standard InChI is InChI=1S/C14H21FN2O3S/c1-10-6-13(7-12(9-18)14(10)15)21(19,20)17-5-4-16(3)8-11(17)2/h6-7,11,18H,4-5,8-9H2,1-3H3. The largest absolute Gasteiger partial charge is 0.392 e. The Kier molecular flexibility index (Phi) is 4.67. The van der Waals surface area contributed by atoms with Crippen LogP contribution in [0.1, 0.15) is 18.1 Å². The molecular formula is C14H21FN2O3S. The molecule has 1 heterocycles. The van der Waals surface area contributed by atoms with Crippen molar-refractivity contribution in [3.8, 4) is 0 Å². The molecule has 1 aliphatic rings. The van der Waals surface area contributed by atoms with Gasteiger partial charge in [0, 0.05) is 31.2 Å². The van der Waals surface area contributed by atoms with E-state index >= 15 is 0 Å². The van der Waals surface area contributed by atoms with Crippen LogP contribution >= 0.6 is 0 Å². The molecule has 21 heavy (non-hydrogen) atoms. The number of hydrogen-bond acceptors (Lipinski definition) is 4. The highest BCUT2D eigenvalue weighted by Gasteiger charge is 2.33.